The minimum absolute atomic E-state index is 0.251. The number of imide groups is 1. The van der Waals surface area contributed by atoms with Crippen molar-refractivity contribution in [3.63, 3.8) is 0 Å². The predicted octanol–water partition coefficient (Wildman–Crippen LogP) is 3.28. The van der Waals surface area contributed by atoms with Gasteiger partial charge in [0.15, 0.2) is 6.61 Å². The fraction of sp³-hybridized carbons (Fsp3) is 0.118. The summed E-state index contributed by atoms with van der Waals surface area (Å²) in [6, 6.07) is 8.71. The maximum Gasteiger partial charge on any atom is 0.348 e. The molecule has 2 N–H and O–H groups in total. The second-order valence-electron chi connectivity index (χ2n) is 5.18. The number of rotatable bonds is 5. The van der Waals surface area contributed by atoms with Crippen LogP contribution < -0.4 is 10.6 Å². The molecular formula is C17H13FN2O4S2. The standard InChI is InChI=1S/C17H13FN2O4S2/c18-11-3-4-13-10(6-11)7-14(26-13)16(22)24-9-15(21)20-17(23)19-8-12-2-1-5-25-12/h1-7H,8-9H2,(H2,19,20,21,23). The number of thiophene rings is 2. The molecule has 6 nitrogen and oxygen atoms in total. The lowest BCUT2D eigenvalue weighted by Gasteiger charge is -2.06. The van der Waals surface area contributed by atoms with Crippen molar-refractivity contribution < 1.29 is 23.5 Å². The molecule has 0 aliphatic heterocycles. The molecule has 134 valence electrons. The Morgan fingerprint density at radius 1 is 1.15 bits per heavy atom. The lowest BCUT2D eigenvalue weighted by molar-refractivity contribution is -0.123. The van der Waals surface area contributed by atoms with Crippen molar-refractivity contribution in [1.29, 1.82) is 0 Å². The van der Waals surface area contributed by atoms with E-state index in [1.165, 1.54) is 29.5 Å². The molecule has 0 spiro atoms. The molecule has 0 saturated heterocycles. The van der Waals surface area contributed by atoms with Gasteiger partial charge in [-0.3, -0.25) is 10.1 Å². The van der Waals surface area contributed by atoms with Crippen LogP contribution in [0.4, 0.5) is 9.18 Å². The van der Waals surface area contributed by atoms with Gasteiger partial charge in [-0.2, -0.15) is 0 Å². The zero-order valence-electron chi connectivity index (χ0n) is 13.3. The summed E-state index contributed by atoms with van der Waals surface area (Å²) in [5, 5.41) is 7.06. The van der Waals surface area contributed by atoms with Crippen molar-refractivity contribution in [2.45, 2.75) is 6.54 Å². The number of amides is 3. The van der Waals surface area contributed by atoms with Crippen molar-refractivity contribution in [3.8, 4) is 0 Å². The van der Waals surface area contributed by atoms with Crippen LogP contribution in [-0.4, -0.2) is 24.5 Å². The zero-order valence-corrected chi connectivity index (χ0v) is 14.9. The van der Waals surface area contributed by atoms with Gasteiger partial charge in [-0.1, -0.05) is 6.07 Å². The first-order chi connectivity index (χ1) is 12.5. The molecule has 3 aromatic rings. The SMILES string of the molecule is O=C(COC(=O)c1cc2cc(F)ccc2s1)NC(=O)NCc1cccs1. The molecule has 3 amide bonds. The number of nitrogens with one attached hydrogen (secondary N) is 2. The fourth-order valence-electron chi connectivity index (χ4n) is 2.10. The summed E-state index contributed by atoms with van der Waals surface area (Å²) in [7, 11) is 0. The normalized spacial score (nSPS) is 10.5. The molecule has 1 aromatic carbocycles. The first-order valence-corrected chi connectivity index (χ1v) is 9.17. The number of fused-ring (bicyclic) bond motifs is 1. The Labute approximate surface area is 155 Å². The number of ether oxygens (including phenoxy) is 1. The molecule has 0 fully saturated rings. The summed E-state index contributed by atoms with van der Waals surface area (Å²) in [5.41, 5.74) is 0. The number of halogens is 1. The van der Waals surface area contributed by atoms with E-state index in [1.807, 2.05) is 17.5 Å². The van der Waals surface area contributed by atoms with Crippen LogP contribution >= 0.6 is 22.7 Å². The molecular weight excluding hydrogens is 379 g/mol. The molecule has 3 rings (SSSR count). The monoisotopic (exact) mass is 392 g/mol. The molecule has 9 heteroatoms. The van der Waals surface area contributed by atoms with Crippen molar-refractivity contribution >= 4 is 50.7 Å². The van der Waals surface area contributed by atoms with E-state index in [-0.39, 0.29) is 4.88 Å². The highest BCUT2D eigenvalue weighted by atomic mass is 32.1. The van der Waals surface area contributed by atoms with Gasteiger partial charge in [0.25, 0.3) is 5.91 Å². The summed E-state index contributed by atoms with van der Waals surface area (Å²) in [5.74, 6) is -1.85. The first-order valence-electron chi connectivity index (χ1n) is 7.47. The molecule has 2 aromatic heterocycles. The van der Waals surface area contributed by atoms with Crippen molar-refractivity contribution in [3.05, 3.63) is 57.3 Å². The summed E-state index contributed by atoms with van der Waals surface area (Å²) in [4.78, 5) is 36.5. The van der Waals surface area contributed by atoms with Crippen LogP contribution in [0.2, 0.25) is 0 Å². The highest BCUT2D eigenvalue weighted by Crippen LogP contribution is 2.26. The van der Waals surface area contributed by atoms with Gasteiger partial charge in [-0.25, -0.2) is 14.0 Å². The Bertz CT molecular complexity index is 953. The van der Waals surface area contributed by atoms with Crippen LogP contribution in [0.3, 0.4) is 0 Å². The van der Waals surface area contributed by atoms with Gasteiger partial charge in [0, 0.05) is 9.58 Å². The second-order valence-corrected chi connectivity index (χ2v) is 7.30. The lowest BCUT2D eigenvalue weighted by atomic mass is 10.2. The number of esters is 1. The molecule has 0 bridgehead atoms. The van der Waals surface area contributed by atoms with Crippen LogP contribution in [0.15, 0.2) is 41.8 Å². The summed E-state index contributed by atoms with van der Waals surface area (Å²) in [6.07, 6.45) is 0. The Hall–Kier alpha value is -2.78. The number of carbonyl (C=O) groups excluding carboxylic acids is 3. The number of urea groups is 1. The molecule has 26 heavy (non-hydrogen) atoms. The minimum atomic E-state index is -0.741. The van der Waals surface area contributed by atoms with E-state index in [1.54, 1.807) is 6.07 Å². The van der Waals surface area contributed by atoms with E-state index in [0.717, 1.165) is 20.9 Å². The Morgan fingerprint density at radius 2 is 2.00 bits per heavy atom. The summed E-state index contributed by atoms with van der Waals surface area (Å²) in [6.45, 7) is -0.289. The Kier molecular flexibility index (Phi) is 5.59. The van der Waals surface area contributed by atoms with Gasteiger partial charge in [-0.15, -0.1) is 22.7 Å². The third-order valence-corrected chi connectivity index (χ3v) is 5.24. The van der Waals surface area contributed by atoms with Gasteiger partial charge in [0.2, 0.25) is 0 Å². The third kappa shape index (κ3) is 4.64. The van der Waals surface area contributed by atoms with Crippen LogP contribution in [0, 0.1) is 5.82 Å². The number of hydrogen-bond donors (Lipinski definition) is 2. The molecule has 0 atom stereocenters. The maximum absolute atomic E-state index is 13.2. The lowest BCUT2D eigenvalue weighted by Crippen LogP contribution is -2.41. The van der Waals surface area contributed by atoms with Gasteiger partial charge in [0.1, 0.15) is 10.7 Å². The molecule has 0 radical (unpaired) electrons. The molecule has 0 unspecified atom stereocenters. The molecule has 0 saturated carbocycles. The average Bonchev–Trinajstić information content (AvgIpc) is 3.26. The van der Waals surface area contributed by atoms with E-state index in [4.69, 9.17) is 4.74 Å². The summed E-state index contributed by atoms with van der Waals surface area (Å²) < 4.78 is 18.8. The van der Waals surface area contributed by atoms with Gasteiger partial charge in [-0.05, 0) is 41.1 Å². The fourth-order valence-corrected chi connectivity index (χ4v) is 3.69. The van der Waals surface area contributed by atoms with Crippen molar-refractivity contribution in [2.75, 3.05) is 6.61 Å². The number of carbonyl (C=O) groups is 3. The van der Waals surface area contributed by atoms with E-state index in [2.05, 4.69) is 10.6 Å². The summed E-state index contributed by atoms with van der Waals surface area (Å²) >= 11 is 2.61. The third-order valence-electron chi connectivity index (χ3n) is 3.27. The highest BCUT2D eigenvalue weighted by molar-refractivity contribution is 7.20. The molecule has 2 heterocycles. The van der Waals surface area contributed by atoms with Gasteiger partial charge in [0.05, 0.1) is 6.54 Å². The van der Waals surface area contributed by atoms with Crippen molar-refractivity contribution in [2.24, 2.45) is 0 Å². The first kappa shape index (κ1) is 18.0. The van der Waals surface area contributed by atoms with E-state index in [0.29, 0.717) is 11.9 Å². The predicted molar refractivity (Wildman–Crippen MR) is 96.8 cm³/mol. The van der Waals surface area contributed by atoms with E-state index < -0.39 is 30.3 Å². The Morgan fingerprint density at radius 3 is 2.77 bits per heavy atom. The molecule has 0 aliphatic rings. The maximum atomic E-state index is 13.2. The quantitative estimate of drug-likeness (QED) is 0.653. The van der Waals surface area contributed by atoms with Crippen LogP contribution in [-0.2, 0) is 16.1 Å². The largest absolute Gasteiger partial charge is 0.451 e. The smallest absolute Gasteiger partial charge is 0.348 e. The van der Waals surface area contributed by atoms with Crippen molar-refractivity contribution in [1.82, 2.24) is 10.6 Å². The number of benzene rings is 1. The van der Waals surface area contributed by atoms with E-state index >= 15 is 0 Å². The van der Waals surface area contributed by atoms with Crippen LogP contribution in [0.1, 0.15) is 14.5 Å². The number of hydrogen-bond acceptors (Lipinski definition) is 6. The van der Waals surface area contributed by atoms with Crippen LogP contribution in [0.25, 0.3) is 10.1 Å². The topological polar surface area (TPSA) is 84.5 Å². The Balaban J connectivity index is 1.47. The van der Waals surface area contributed by atoms with Crippen LogP contribution in [0.5, 0.6) is 0 Å². The minimum Gasteiger partial charge on any atom is -0.451 e. The zero-order chi connectivity index (χ0) is 18.5. The van der Waals surface area contributed by atoms with Gasteiger partial charge < -0.3 is 10.1 Å². The van der Waals surface area contributed by atoms with E-state index in [9.17, 15) is 18.8 Å². The highest BCUT2D eigenvalue weighted by Gasteiger charge is 2.15. The molecule has 0 aliphatic carbocycles. The van der Waals surface area contributed by atoms with Gasteiger partial charge >= 0.3 is 12.0 Å². The average molecular weight is 392 g/mol. The second kappa shape index (κ2) is 8.07.